The second-order valence-corrected chi connectivity index (χ2v) is 19.7. The predicted octanol–water partition coefficient (Wildman–Crippen LogP) is 9.07. The number of nitrogens with zero attached hydrogens (tertiary/aromatic N) is 4. The van der Waals surface area contributed by atoms with Gasteiger partial charge in [-0.15, -0.1) is 11.3 Å². The molecular weight excluding hydrogens is 739 g/mol. The lowest BCUT2D eigenvalue weighted by Gasteiger charge is -2.43. The van der Waals surface area contributed by atoms with E-state index in [2.05, 4.69) is 72.2 Å². The molecule has 12 nitrogen and oxygen atoms in total. The topological polar surface area (TPSA) is 152 Å². The summed E-state index contributed by atoms with van der Waals surface area (Å²) in [4.78, 5) is 33.0. The number of benzene rings is 2. The van der Waals surface area contributed by atoms with Crippen LogP contribution in [0.5, 0.6) is 11.5 Å². The molecule has 2 heterocycles. The van der Waals surface area contributed by atoms with Gasteiger partial charge in [-0.2, -0.15) is 16.7 Å². The number of aromatic nitrogens is 3. The van der Waals surface area contributed by atoms with Crippen molar-refractivity contribution in [2.75, 3.05) is 25.3 Å². The Labute approximate surface area is 297 Å². The van der Waals surface area contributed by atoms with Crippen LogP contribution in [0.15, 0.2) is 44.7 Å². The van der Waals surface area contributed by atoms with Crippen LogP contribution in [0.25, 0.3) is 11.3 Å². The number of nitrogens with one attached hydrogen (secondary N) is 1. The molecule has 0 saturated heterocycles. The number of methoxy groups -OCH3 is 2. The minimum atomic E-state index is -2.40. The zero-order chi connectivity index (χ0) is 35.4. The quantitative estimate of drug-likeness (QED) is 0.0530. The van der Waals surface area contributed by atoms with Gasteiger partial charge in [0.05, 0.1) is 34.9 Å². The number of halogens is 1. The molecule has 4 rings (SSSR count). The fraction of sp³-hybridized carbons (Fsp3) is 0.438. The van der Waals surface area contributed by atoms with Crippen molar-refractivity contribution in [2.24, 2.45) is 5.92 Å². The number of nitro groups is 1. The van der Waals surface area contributed by atoms with Crippen LogP contribution < -0.4 is 14.5 Å². The average Bonchev–Trinajstić information content (AvgIpc) is 3.70. The highest BCUT2D eigenvalue weighted by Crippen LogP contribution is 2.48. The van der Waals surface area contributed by atoms with Gasteiger partial charge in [0, 0.05) is 46.2 Å². The highest BCUT2D eigenvalue weighted by Gasteiger charge is 2.45. The average molecular weight is 779 g/mol. The van der Waals surface area contributed by atoms with Gasteiger partial charge in [-0.3, -0.25) is 10.1 Å². The van der Waals surface area contributed by atoms with E-state index >= 15 is 0 Å². The minimum absolute atomic E-state index is 0.0125. The molecule has 0 radical (unpaired) electrons. The Morgan fingerprint density at radius 3 is 2.44 bits per heavy atom. The van der Waals surface area contributed by atoms with E-state index in [1.807, 2.05) is 11.4 Å². The first-order valence-electron chi connectivity index (χ1n) is 15.1. The van der Waals surface area contributed by atoms with Gasteiger partial charge in [-0.1, -0.05) is 32.9 Å². The van der Waals surface area contributed by atoms with Crippen molar-refractivity contribution in [3.8, 4) is 22.8 Å². The second-order valence-electron chi connectivity index (χ2n) is 12.5. The van der Waals surface area contributed by atoms with Crippen LogP contribution in [0.3, 0.4) is 0 Å². The van der Waals surface area contributed by atoms with E-state index in [1.54, 1.807) is 37.9 Å². The Hall–Kier alpha value is -3.47. The van der Waals surface area contributed by atoms with Gasteiger partial charge in [0.25, 0.3) is 14.0 Å². The second kappa shape index (κ2) is 15.4. The lowest BCUT2D eigenvalue weighted by atomic mass is 9.99. The number of carbonyl (C=O) groups is 1. The van der Waals surface area contributed by atoms with E-state index < -0.39 is 25.3 Å². The number of nitro benzene ring substituents is 1. The summed E-state index contributed by atoms with van der Waals surface area (Å²) in [6, 6.07) is 7.66. The number of non-ortho nitro benzene ring substituents is 1. The molecule has 258 valence electrons. The molecule has 16 heteroatoms. The van der Waals surface area contributed by atoms with Gasteiger partial charge in [-0.25, -0.2) is 9.78 Å². The molecule has 48 heavy (non-hydrogen) atoms. The maximum atomic E-state index is 13.2. The van der Waals surface area contributed by atoms with Gasteiger partial charge < -0.3 is 23.7 Å². The number of hydrogen-bond donors (Lipinski definition) is 1. The summed E-state index contributed by atoms with van der Waals surface area (Å²) in [6.07, 6.45) is 0. The van der Waals surface area contributed by atoms with Crippen LogP contribution >= 0.6 is 39.0 Å². The number of thiazole rings is 1. The Balaban J connectivity index is 1.64. The molecule has 2 aromatic heterocycles. The van der Waals surface area contributed by atoms with E-state index in [0.717, 1.165) is 5.56 Å². The molecule has 0 aliphatic heterocycles. The molecule has 0 aliphatic carbocycles. The molecule has 0 saturated carbocycles. The number of aryl methyl sites for hydroxylation is 1. The van der Waals surface area contributed by atoms with Crippen LogP contribution in [0.2, 0.25) is 18.1 Å². The molecule has 4 aromatic rings. The van der Waals surface area contributed by atoms with Crippen molar-refractivity contribution in [3.05, 3.63) is 73.1 Å². The maximum absolute atomic E-state index is 13.2. The van der Waals surface area contributed by atoms with Crippen molar-refractivity contribution in [1.82, 2.24) is 15.1 Å². The number of anilines is 1. The number of rotatable bonds is 15. The SMILES string of the molecule is COC(=O)c1c(Br)c(OC)cc(O[Si](C)(C)C(C)(C)C(C)C)c1CSC[C@H](Nc1nc(-c2ccc([N+](=O)[O-])cc2)cs1)c1nc(C)no1. The van der Waals surface area contributed by atoms with E-state index in [4.69, 9.17) is 23.4 Å². The molecule has 1 N–H and O–H groups in total. The number of ether oxygens (including phenoxy) is 2. The third-order valence-electron chi connectivity index (χ3n) is 8.81. The van der Waals surface area contributed by atoms with Gasteiger partial charge in [0.1, 0.15) is 17.5 Å². The standard InChI is InChI=1S/C32H40BrN5O7S2Si/c1-18(2)32(4,5)48(8,9)45-25-14-26(42-6)28(33)27(30(39)43-7)22(25)15-46-16-24(29-34-19(3)37-44-29)36-31-35-23(17-47-31)20-10-12-21(13-11-20)38(40)41/h10-14,17-18,24H,15-16H2,1-9H3,(H,35,36)/t24-/m0/s1. The van der Waals surface area contributed by atoms with Crippen molar-refractivity contribution >= 4 is 64.1 Å². The zero-order valence-electron chi connectivity index (χ0n) is 28.4. The van der Waals surface area contributed by atoms with E-state index in [1.165, 1.54) is 30.6 Å². The molecule has 0 fully saturated rings. The molecule has 0 unspecified atom stereocenters. The lowest BCUT2D eigenvalue weighted by Crippen LogP contribution is -2.48. The summed E-state index contributed by atoms with van der Waals surface area (Å²) >= 11 is 6.53. The highest BCUT2D eigenvalue weighted by molar-refractivity contribution is 9.10. The Morgan fingerprint density at radius 2 is 1.88 bits per heavy atom. The number of carbonyl (C=O) groups excluding carboxylic acids is 1. The Kier molecular flexibility index (Phi) is 12.0. The number of esters is 1. The highest BCUT2D eigenvalue weighted by atomic mass is 79.9. The number of hydrogen-bond acceptors (Lipinski definition) is 13. The van der Waals surface area contributed by atoms with E-state index in [9.17, 15) is 14.9 Å². The van der Waals surface area contributed by atoms with Crippen LogP contribution in [-0.4, -0.2) is 54.3 Å². The number of thioether (sulfide) groups is 1. The molecule has 1 atom stereocenters. The first-order chi connectivity index (χ1) is 22.6. The summed E-state index contributed by atoms with van der Waals surface area (Å²) < 4.78 is 23.8. The summed E-state index contributed by atoms with van der Waals surface area (Å²) in [5.74, 6) is 2.66. The fourth-order valence-electron chi connectivity index (χ4n) is 4.73. The Morgan fingerprint density at radius 1 is 1.19 bits per heavy atom. The van der Waals surface area contributed by atoms with Crippen LogP contribution in [0.4, 0.5) is 10.8 Å². The molecular formula is C32H40BrN5O7S2Si. The Bertz CT molecular complexity index is 1760. The van der Waals surface area contributed by atoms with Crippen molar-refractivity contribution in [2.45, 2.75) is 64.5 Å². The fourth-order valence-corrected chi connectivity index (χ4v) is 9.64. The molecule has 0 amide bonds. The van der Waals surface area contributed by atoms with Crippen LogP contribution in [0, 0.1) is 23.0 Å². The van der Waals surface area contributed by atoms with Gasteiger partial charge in [0.2, 0.25) is 5.89 Å². The van der Waals surface area contributed by atoms with Crippen LogP contribution in [-0.2, 0) is 10.5 Å². The van der Waals surface area contributed by atoms with Crippen molar-refractivity contribution in [3.63, 3.8) is 0 Å². The predicted molar refractivity (Wildman–Crippen MR) is 195 cm³/mol. The van der Waals surface area contributed by atoms with Crippen molar-refractivity contribution < 1.29 is 28.1 Å². The van der Waals surface area contributed by atoms with Gasteiger partial charge in [0.15, 0.2) is 11.0 Å². The van der Waals surface area contributed by atoms with E-state index in [-0.39, 0.29) is 10.7 Å². The summed E-state index contributed by atoms with van der Waals surface area (Å²) in [5.41, 5.74) is 2.48. The maximum Gasteiger partial charge on any atom is 0.339 e. The summed E-state index contributed by atoms with van der Waals surface area (Å²) in [7, 11) is 0.498. The smallest absolute Gasteiger partial charge is 0.339 e. The first-order valence-corrected chi connectivity index (χ1v) is 20.8. The largest absolute Gasteiger partial charge is 0.543 e. The normalized spacial score (nSPS) is 12.6. The molecule has 0 spiro atoms. The van der Waals surface area contributed by atoms with Gasteiger partial charge in [-0.05, 0) is 59.0 Å². The first kappa shape index (κ1) is 37.3. The molecule has 2 aromatic carbocycles. The molecule has 0 aliphatic rings. The van der Waals surface area contributed by atoms with E-state index in [0.29, 0.717) is 67.1 Å². The van der Waals surface area contributed by atoms with Gasteiger partial charge >= 0.3 is 5.97 Å². The minimum Gasteiger partial charge on any atom is -0.543 e. The third-order valence-corrected chi connectivity index (χ3v) is 15.8. The monoisotopic (exact) mass is 777 g/mol. The van der Waals surface area contributed by atoms with Crippen LogP contribution in [0.1, 0.15) is 61.4 Å². The molecule has 0 bridgehead atoms. The summed E-state index contributed by atoms with van der Waals surface area (Å²) in [6.45, 7) is 15.0. The summed E-state index contributed by atoms with van der Waals surface area (Å²) in [5, 5.41) is 20.9. The lowest BCUT2D eigenvalue weighted by molar-refractivity contribution is -0.384. The zero-order valence-corrected chi connectivity index (χ0v) is 32.6. The third kappa shape index (κ3) is 8.21. The van der Waals surface area contributed by atoms with Crippen molar-refractivity contribution in [1.29, 1.82) is 0 Å².